The average Bonchev–Trinajstić information content (AvgIpc) is 3.07. The summed E-state index contributed by atoms with van der Waals surface area (Å²) in [6, 6.07) is 23.2. The van der Waals surface area contributed by atoms with Gasteiger partial charge in [-0.2, -0.15) is 5.10 Å². The van der Waals surface area contributed by atoms with Gasteiger partial charge in [-0.15, -0.1) is 0 Å². The fourth-order valence-electron chi connectivity index (χ4n) is 3.47. The number of hydrogen-bond acceptors (Lipinski definition) is 2. The quantitative estimate of drug-likeness (QED) is 0.531. The fourth-order valence-corrected chi connectivity index (χ4v) is 3.47. The Bertz CT molecular complexity index is 1090. The summed E-state index contributed by atoms with van der Waals surface area (Å²) in [6.07, 6.45) is 0. The van der Waals surface area contributed by atoms with E-state index in [1.165, 1.54) is 11.1 Å². The van der Waals surface area contributed by atoms with Crippen molar-refractivity contribution in [3.63, 3.8) is 0 Å². The molecule has 0 spiro atoms. The van der Waals surface area contributed by atoms with Crippen LogP contribution >= 0.6 is 0 Å². The van der Waals surface area contributed by atoms with Crippen molar-refractivity contribution in [2.24, 2.45) is 0 Å². The van der Waals surface area contributed by atoms with Gasteiger partial charge in [-0.3, -0.25) is 0 Å². The van der Waals surface area contributed by atoms with Crippen LogP contribution in [0.5, 0.6) is 0 Å². The zero-order chi connectivity index (χ0) is 19.0. The highest BCUT2D eigenvalue weighted by molar-refractivity contribution is 5.95. The Morgan fingerprint density at radius 3 is 2.41 bits per heavy atom. The largest absolute Gasteiger partial charge is 0.396 e. The number of nitrogens with zero attached hydrogens (tertiary/aromatic N) is 2. The number of fused-ring (bicyclic) bond motifs is 1. The summed E-state index contributed by atoms with van der Waals surface area (Å²) in [5.41, 5.74) is 7.81. The van der Waals surface area contributed by atoms with Gasteiger partial charge in [-0.1, -0.05) is 55.0 Å². The second-order valence-electron chi connectivity index (χ2n) is 7.27. The third-order valence-corrected chi connectivity index (χ3v) is 5.23. The molecule has 0 aliphatic heterocycles. The molecular formula is C24H24N2O. The van der Waals surface area contributed by atoms with Crippen LogP contribution in [0, 0.1) is 13.8 Å². The molecule has 0 fully saturated rings. The molecule has 3 heteroatoms. The smallest absolute Gasteiger partial charge is 0.101 e. The third kappa shape index (κ3) is 3.15. The van der Waals surface area contributed by atoms with Crippen LogP contribution in [0.1, 0.15) is 29.5 Å². The van der Waals surface area contributed by atoms with E-state index >= 15 is 0 Å². The number of aliphatic hydroxyl groups excluding tert-OH is 1. The van der Waals surface area contributed by atoms with E-state index in [2.05, 4.69) is 80.6 Å². The number of aromatic nitrogens is 2. The van der Waals surface area contributed by atoms with Crippen molar-refractivity contribution < 1.29 is 5.11 Å². The van der Waals surface area contributed by atoms with Crippen molar-refractivity contribution in [3.8, 4) is 16.9 Å². The molecule has 0 bridgehead atoms. The van der Waals surface area contributed by atoms with E-state index in [0.717, 1.165) is 33.4 Å². The van der Waals surface area contributed by atoms with Crippen LogP contribution < -0.4 is 0 Å². The van der Waals surface area contributed by atoms with Gasteiger partial charge >= 0.3 is 0 Å². The molecule has 1 aromatic heterocycles. The highest BCUT2D eigenvalue weighted by Crippen LogP contribution is 2.33. The summed E-state index contributed by atoms with van der Waals surface area (Å²) in [7, 11) is 0. The maximum atomic E-state index is 9.58. The molecule has 27 heavy (non-hydrogen) atoms. The van der Waals surface area contributed by atoms with Gasteiger partial charge in [0.2, 0.25) is 0 Å². The molecule has 1 heterocycles. The summed E-state index contributed by atoms with van der Waals surface area (Å²) in [6.45, 7) is 6.38. The van der Waals surface area contributed by atoms with Crippen LogP contribution in [0.3, 0.4) is 0 Å². The first-order valence-electron chi connectivity index (χ1n) is 9.35. The number of aliphatic hydroxyl groups is 1. The Balaban J connectivity index is 2.00. The average molecular weight is 356 g/mol. The van der Waals surface area contributed by atoms with Crippen LogP contribution in [0.15, 0.2) is 66.7 Å². The van der Waals surface area contributed by atoms with Crippen LogP contribution in [0.4, 0.5) is 0 Å². The molecule has 136 valence electrons. The lowest BCUT2D eigenvalue weighted by Gasteiger charge is -2.09. The van der Waals surface area contributed by atoms with E-state index in [1.807, 2.05) is 11.6 Å². The van der Waals surface area contributed by atoms with Crippen LogP contribution in [0.2, 0.25) is 0 Å². The zero-order valence-corrected chi connectivity index (χ0v) is 16.0. The maximum Gasteiger partial charge on any atom is 0.101 e. The van der Waals surface area contributed by atoms with Gasteiger partial charge in [0.25, 0.3) is 0 Å². The van der Waals surface area contributed by atoms with Crippen molar-refractivity contribution in [3.05, 3.63) is 83.4 Å². The first-order valence-corrected chi connectivity index (χ1v) is 9.35. The van der Waals surface area contributed by atoms with E-state index in [1.54, 1.807) is 0 Å². The molecule has 4 rings (SSSR count). The van der Waals surface area contributed by atoms with E-state index in [-0.39, 0.29) is 12.5 Å². The molecule has 0 saturated heterocycles. The van der Waals surface area contributed by atoms with Crippen LogP contribution in [-0.4, -0.2) is 21.5 Å². The second-order valence-corrected chi connectivity index (χ2v) is 7.27. The molecule has 0 aliphatic rings. The van der Waals surface area contributed by atoms with Gasteiger partial charge in [0.05, 0.1) is 11.2 Å². The van der Waals surface area contributed by atoms with Gasteiger partial charge in [0.15, 0.2) is 0 Å². The molecule has 0 saturated carbocycles. The predicted octanol–water partition coefficient (Wildman–Crippen LogP) is 5.41. The number of rotatable bonds is 4. The van der Waals surface area contributed by atoms with Gasteiger partial charge in [0, 0.05) is 23.5 Å². The number of aryl methyl sites for hydroxylation is 2. The second kappa shape index (κ2) is 7.01. The Kier molecular flexibility index (Phi) is 4.54. The summed E-state index contributed by atoms with van der Waals surface area (Å²) >= 11 is 0. The first kappa shape index (κ1) is 17.5. The molecule has 4 aromatic rings. The highest BCUT2D eigenvalue weighted by Gasteiger charge is 2.16. The van der Waals surface area contributed by atoms with Gasteiger partial charge in [-0.25, -0.2) is 4.68 Å². The normalized spacial score (nSPS) is 12.4. The number of hydrogen-bond donors (Lipinski definition) is 1. The zero-order valence-electron chi connectivity index (χ0n) is 16.0. The molecular weight excluding hydrogens is 332 g/mol. The summed E-state index contributed by atoms with van der Waals surface area (Å²) in [5, 5.41) is 15.7. The molecule has 0 amide bonds. The lowest BCUT2D eigenvalue weighted by Crippen LogP contribution is -1.99. The first-order chi connectivity index (χ1) is 13.1. The topological polar surface area (TPSA) is 38.0 Å². The minimum atomic E-state index is 0.0989. The van der Waals surface area contributed by atoms with Crippen LogP contribution in [0.25, 0.3) is 27.8 Å². The summed E-state index contributed by atoms with van der Waals surface area (Å²) in [4.78, 5) is 0. The molecule has 1 N–H and O–H groups in total. The fraction of sp³-hybridized carbons (Fsp3) is 0.208. The van der Waals surface area contributed by atoms with Crippen molar-refractivity contribution in [2.45, 2.75) is 26.7 Å². The van der Waals surface area contributed by atoms with E-state index in [9.17, 15) is 5.11 Å². The van der Waals surface area contributed by atoms with Gasteiger partial charge in [-0.05, 0) is 49.2 Å². The van der Waals surface area contributed by atoms with Crippen molar-refractivity contribution in [1.29, 1.82) is 0 Å². The van der Waals surface area contributed by atoms with Gasteiger partial charge < -0.3 is 5.11 Å². The maximum absolute atomic E-state index is 9.58. The molecule has 1 atom stereocenters. The number of benzene rings is 3. The molecule has 3 nitrogen and oxygen atoms in total. The Morgan fingerprint density at radius 1 is 0.963 bits per heavy atom. The highest BCUT2D eigenvalue weighted by atomic mass is 16.3. The predicted molar refractivity (Wildman–Crippen MR) is 111 cm³/mol. The van der Waals surface area contributed by atoms with E-state index < -0.39 is 0 Å². The van der Waals surface area contributed by atoms with E-state index in [0.29, 0.717) is 0 Å². The Morgan fingerprint density at radius 2 is 1.70 bits per heavy atom. The molecule has 3 aromatic carbocycles. The Labute approximate surface area is 159 Å². The standard InChI is InChI=1S/C24H24N2O/c1-16-8-11-20(12-9-16)26-23-13-10-19(18(3)15-27)14-22(23)24(25-26)21-7-5-4-6-17(21)2/h4-14,18,27H,15H2,1-3H3. The lowest BCUT2D eigenvalue weighted by atomic mass is 9.97. The van der Waals surface area contributed by atoms with Crippen molar-refractivity contribution >= 4 is 10.9 Å². The third-order valence-electron chi connectivity index (χ3n) is 5.23. The molecule has 0 aliphatic carbocycles. The van der Waals surface area contributed by atoms with E-state index in [4.69, 9.17) is 5.10 Å². The Hall–Kier alpha value is -2.91. The monoisotopic (exact) mass is 356 g/mol. The van der Waals surface area contributed by atoms with Crippen LogP contribution in [-0.2, 0) is 0 Å². The molecule has 0 radical (unpaired) electrons. The van der Waals surface area contributed by atoms with Crippen molar-refractivity contribution in [1.82, 2.24) is 9.78 Å². The van der Waals surface area contributed by atoms with Crippen molar-refractivity contribution in [2.75, 3.05) is 6.61 Å². The van der Waals surface area contributed by atoms with Gasteiger partial charge in [0.1, 0.15) is 5.69 Å². The summed E-state index contributed by atoms with van der Waals surface area (Å²) in [5.74, 6) is 0.0989. The minimum Gasteiger partial charge on any atom is -0.396 e. The summed E-state index contributed by atoms with van der Waals surface area (Å²) < 4.78 is 2.02. The SMILES string of the molecule is Cc1ccc(-n2nc(-c3ccccc3C)c3cc(C(C)CO)ccc32)cc1. The lowest BCUT2D eigenvalue weighted by molar-refractivity contribution is 0.273. The minimum absolute atomic E-state index is 0.0989. The molecule has 1 unspecified atom stereocenters.